The minimum atomic E-state index is 0. The summed E-state index contributed by atoms with van der Waals surface area (Å²) in [5.41, 5.74) is 0. The van der Waals surface area contributed by atoms with Crippen molar-refractivity contribution in [3.63, 3.8) is 0 Å². The first kappa shape index (κ1) is 15.7. The van der Waals surface area contributed by atoms with Crippen LogP contribution < -0.4 is 0 Å². The molecule has 0 aliphatic carbocycles. The summed E-state index contributed by atoms with van der Waals surface area (Å²) in [6.07, 6.45) is 2.64. The first-order valence-corrected chi connectivity index (χ1v) is 2.91. The molecule has 0 fully saturated rings. The Morgan fingerprint density at radius 3 is 1.00 bits per heavy atom. The normalized spacial score (nSPS) is 5.14. The Balaban J connectivity index is -0.0000000480. The molecule has 0 atom stereocenters. The van der Waals surface area contributed by atoms with Gasteiger partial charge in [-0.05, 0) is 0 Å². The first-order valence-electron chi connectivity index (χ1n) is 2.91. The van der Waals surface area contributed by atoms with Gasteiger partial charge in [-0.15, -0.1) is 0 Å². The maximum atomic E-state index is 2.18. The molecule has 3 radical (unpaired) electrons. The lowest BCUT2D eigenvalue weighted by Crippen LogP contribution is -1.47. The molecule has 0 unspecified atom stereocenters. The van der Waals surface area contributed by atoms with E-state index in [9.17, 15) is 0 Å². The maximum Gasteiger partial charge on any atom is 0 e. The molecule has 0 saturated carbocycles. The summed E-state index contributed by atoms with van der Waals surface area (Å²) in [6, 6.07) is 0. The minimum absolute atomic E-state index is 0. The Bertz CT molecular complexity index is 6.14. The van der Waals surface area contributed by atoms with Crippen LogP contribution in [0.15, 0.2) is 0 Å². The van der Waals surface area contributed by atoms with Crippen molar-refractivity contribution in [3.05, 3.63) is 0 Å². The van der Waals surface area contributed by atoms with Crippen molar-refractivity contribution in [2.24, 2.45) is 0 Å². The summed E-state index contributed by atoms with van der Waals surface area (Å²) in [4.78, 5) is 0. The third-order valence-corrected chi connectivity index (χ3v) is 0.500. The van der Waals surface area contributed by atoms with Crippen molar-refractivity contribution in [3.8, 4) is 0 Å². The second-order valence-corrected chi connectivity index (χ2v) is 1.000. The number of unbranched alkanes of at least 4 members (excludes halogenated alkanes) is 1. The highest BCUT2D eigenvalue weighted by Gasteiger charge is 1.56. The van der Waals surface area contributed by atoms with Gasteiger partial charge >= 0.3 is 0 Å². The van der Waals surface area contributed by atoms with Gasteiger partial charge in [-0.1, -0.05) is 40.5 Å². The average molecular weight is 99.0 g/mol. The van der Waals surface area contributed by atoms with E-state index in [-0.39, 0.29) is 8.41 Å². The molecule has 0 aromatic heterocycles. The smallest absolute Gasteiger partial charge is 0 e. The van der Waals surface area contributed by atoms with Crippen LogP contribution >= 0.6 is 0 Å². The molecule has 0 bridgehead atoms. The Morgan fingerprint density at radius 1 is 0.857 bits per heavy atom. The van der Waals surface area contributed by atoms with Gasteiger partial charge in [-0.2, -0.15) is 0 Å². The van der Waals surface area contributed by atoms with Crippen LogP contribution in [0.1, 0.15) is 40.5 Å². The van der Waals surface area contributed by atoms with Crippen LogP contribution in [0.2, 0.25) is 0 Å². The zero-order valence-corrected chi connectivity index (χ0v) is 5.99. The summed E-state index contributed by atoms with van der Waals surface area (Å²) < 4.78 is 0. The van der Waals surface area contributed by atoms with Gasteiger partial charge in [0.1, 0.15) is 0 Å². The zero-order valence-electron chi connectivity index (χ0n) is 5.99. The topological polar surface area (TPSA) is 0 Å². The van der Waals surface area contributed by atoms with E-state index in [1.54, 1.807) is 0 Å². The molecular weight excluding hydrogens is 82.9 g/mol. The van der Waals surface area contributed by atoms with Gasteiger partial charge in [0.05, 0.1) is 0 Å². The van der Waals surface area contributed by atoms with Gasteiger partial charge < -0.3 is 0 Å². The van der Waals surface area contributed by atoms with Crippen LogP contribution in [0.25, 0.3) is 0 Å². The molecule has 0 spiro atoms. The van der Waals surface area contributed by atoms with Gasteiger partial charge in [-0.3, -0.25) is 0 Å². The molecule has 0 aliphatic rings. The van der Waals surface area contributed by atoms with Crippen molar-refractivity contribution >= 4 is 8.41 Å². The number of hydrogen-bond donors (Lipinski definition) is 0. The highest BCUT2D eigenvalue weighted by Crippen LogP contribution is 1.76. The lowest BCUT2D eigenvalue weighted by atomic mass is 10.4. The first-order chi connectivity index (χ1) is 2.91. The molecule has 0 saturated heterocycles. The molecular formula is C6H16B. The van der Waals surface area contributed by atoms with E-state index in [1.807, 2.05) is 13.8 Å². The van der Waals surface area contributed by atoms with E-state index in [4.69, 9.17) is 0 Å². The fourth-order valence-corrected chi connectivity index (χ4v) is 0. The van der Waals surface area contributed by atoms with Crippen molar-refractivity contribution in [2.45, 2.75) is 40.5 Å². The standard InChI is InChI=1S/C4H10.C2H6.B/c1-3-4-2;1-2;/h3-4H2,1-2H3;1-2H3;. The molecule has 0 heterocycles. The quantitative estimate of drug-likeness (QED) is 0.443. The zero-order chi connectivity index (χ0) is 5.41. The van der Waals surface area contributed by atoms with Gasteiger partial charge in [0.2, 0.25) is 0 Å². The average Bonchev–Trinajstić information content (AvgIpc) is 1.72. The second-order valence-electron chi connectivity index (χ2n) is 1.000. The molecule has 0 aromatic carbocycles. The van der Waals surface area contributed by atoms with Crippen molar-refractivity contribution in [2.75, 3.05) is 0 Å². The maximum absolute atomic E-state index is 2.18. The molecule has 0 rings (SSSR count). The predicted molar refractivity (Wildman–Crippen MR) is 37.7 cm³/mol. The third kappa shape index (κ3) is 88.4. The lowest BCUT2D eigenvalue weighted by molar-refractivity contribution is 0.886. The van der Waals surface area contributed by atoms with Crippen LogP contribution in [0, 0.1) is 0 Å². The highest BCUT2D eigenvalue weighted by atomic mass is 13.6. The van der Waals surface area contributed by atoms with E-state index in [1.165, 1.54) is 12.8 Å². The second kappa shape index (κ2) is 36.5. The van der Waals surface area contributed by atoms with E-state index in [0.29, 0.717) is 0 Å². The molecule has 43 valence electrons. The highest BCUT2D eigenvalue weighted by molar-refractivity contribution is 5.75. The summed E-state index contributed by atoms with van der Waals surface area (Å²) in [7, 11) is 0. The molecule has 0 nitrogen and oxygen atoms in total. The van der Waals surface area contributed by atoms with Gasteiger partial charge in [-0.25, -0.2) is 0 Å². The van der Waals surface area contributed by atoms with Gasteiger partial charge in [0.25, 0.3) is 0 Å². The van der Waals surface area contributed by atoms with Gasteiger partial charge in [0.15, 0.2) is 0 Å². The summed E-state index contributed by atoms with van der Waals surface area (Å²) in [6.45, 7) is 8.36. The van der Waals surface area contributed by atoms with Crippen LogP contribution in [0.5, 0.6) is 0 Å². The number of hydrogen-bond acceptors (Lipinski definition) is 0. The van der Waals surface area contributed by atoms with Crippen molar-refractivity contribution in [1.82, 2.24) is 0 Å². The fraction of sp³-hybridized carbons (Fsp3) is 1.00. The van der Waals surface area contributed by atoms with Crippen molar-refractivity contribution < 1.29 is 0 Å². The summed E-state index contributed by atoms with van der Waals surface area (Å²) in [5, 5.41) is 0. The van der Waals surface area contributed by atoms with Crippen LogP contribution in [-0.2, 0) is 0 Å². The Labute approximate surface area is 49.9 Å². The molecule has 7 heavy (non-hydrogen) atoms. The van der Waals surface area contributed by atoms with E-state index >= 15 is 0 Å². The van der Waals surface area contributed by atoms with E-state index < -0.39 is 0 Å². The summed E-state index contributed by atoms with van der Waals surface area (Å²) in [5.74, 6) is 0. The molecule has 0 aromatic rings. The Hall–Kier alpha value is 0.0649. The molecule has 0 N–H and O–H groups in total. The Kier molecular flexibility index (Phi) is 82.0. The van der Waals surface area contributed by atoms with E-state index in [0.717, 1.165) is 0 Å². The largest absolute Gasteiger partial charge is 0.0683 e. The summed E-state index contributed by atoms with van der Waals surface area (Å²) >= 11 is 0. The molecule has 0 amide bonds. The monoisotopic (exact) mass is 99.1 g/mol. The van der Waals surface area contributed by atoms with Crippen LogP contribution in [-0.4, -0.2) is 8.41 Å². The minimum Gasteiger partial charge on any atom is -0.0683 e. The van der Waals surface area contributed by atoms with Crippen molar-refractivity contribution in [1.29, 1.82) is 0 Å². The van der Waals surface area contributed by atoms with Gasteiger partial charge in [0, 0.05) is 8.41 Å². The van der Waals surface area contributed by atoms with Crippen LogP contribution in [0.4, 0.5) is 0 Å². The molecule has 0 aliphatic heterocycles. The fourth-order valence-electron chi connectivity index (χ4n) is 0. The molecule has 1 heteroatoms. The number of rotatable bonds is 1. The lowest BCUT2D eigenvalue weighted by Gasteiger charge is -1.68. The van der Waals surface area contributed by atoms with Crippen LogP contribution in [0.3, 0.4) is 0 Å². The predicted octanol–water partition coefficient (Wildman–Crippen LogP) is 2.45. The third-order valence-electron chi connectivity index (χ3n) is 0.500. The van der Waals surface area contributed by atoms with E-state index in [2.05, 4.69) is 13.8 Å². The Morgan fingerprint density at radius 2 is 1.00 bits per heavy atom. The SMILES string of the molecule is CC.CCCC.[B].